The highest BCUT2D eigenvalue weighted by Gasteiger charge is 2.72. The molecule has 0 bridgehead atoms. The first-order valence-corrected chi connectivity index (χ1v) is 13.6. The van der Waals surface area contributed by atoms with Crippen LogP contribution in [0.15, 0.2) is 11.6 Å². The van der Waals surface area contributed by atoms with Crippen LogP contribution in [0.2, 0.25) is 0 Å². The van der Waals surface area contributed by atoms with Crippen molar-refractivity contribution in [2.75, 3.05) is 53.1 Å². The SMILES string of the molecule is CO[C@@H]1[C@H](OC(=O)N2C[C@@H]3C(C(=O)N4CCOCC4)[C@@H]3C2)CC[C@]2(CO2)[C@H]1[C@@]1(C)O[C@@H]1CC=C(C)C. The van der Waals surface area contributed by atoms with Crippen LogP contribution in [0.4, 0.5) is 4.79 Å². The van der Waals surface area contributed by atoms with Gasteiger partial charge in [-0.25, -0.2) is 4.79 Å². The highest BCUT2D eigenvalue weighted by atomic mass is 16.6. The molecule has 2 saturated carbocycles. The van der Waals surface area contributed by atoms with Crippen molar-refractivity contribution in [1.29, 1.82) is 0 Å². The summed E-state index contributed by atoms with van der Waals surface area (Å²) in [5.74, 6) is 0.797. The van der Waals surface area contributed by atoms with Crippen LogP contribution < -0.4 is 0 Å². The molecule has 4 aliphatic heterocycles. The summed E-state index contributed by atoms with van der Waals surface area (Å²) >= 11 is 0. The lowest BCUT2D eigenvalue weighted by Gasteiger charge is -2.43. The molecule has 0 aromatic heterocycles. The Kier molecular flexibility index (Phi) is 6.14. The molecule has 4 heterocycles. The second-order valence-electron chi connectivity index (χ2n) is 12.0. The van der Waals surface area contributed by atoms with Crippen LogP contribution in [0.1, 0.15) is 40.0 Å². The zero-order valence-electron chi connectivity index (χ0n) is 21.9. The average Bonchev–Trinajstić information content (AvgIpc) is 3.83. The van der Waals surface area contributed by atoms with Crippen LogP contribution >= 0.6 is 0 Å². The van der Waals surface area contributed by atoms with Crippen molar-refractivity contribution < 1.29 is 33.3 Å². The number of hydrogen-bond donors (Lipinski definition) is 0. The zero-order valence-corrected chi connectivity index (χ0v) is 21.9. The van der Waals surface area contributed by atoms with Gasteiger partial charge in [-0.15, -0.1) is 0 Å². The summed E-state index contributed by atoms with van der Waals surface area (Å²) in [7, 11) is 1.70. The molecule has 0 aromatic rings. The third kappa shape index (κ3) is 4.16. The Balaban J connectivity index is 1.06. The normalized spacial score (nSPS) is 44.7. The third-order valence-corrected chi connectivity index (χ3v) is 9.55. The summed E-state index contributed by atoms with van der Waals surface area (Å²) in [6, 6.07) is 0. The van der Waals surface area contributed by atoms with Gasteiger partial charge < -0.3 is 33.5 Å². The predicted octanol–water partition coefficient (Wildman–Crippen LogP) is 2.24. The monoisotopic (exact) mass is 504 g/mol. The van der Waals surface area contributed by atoms with Crippen LogP contribution in [-0.4, -0.2) is 104 Å². The number of ether oxygens (including phenoxy) is 5. The van der Waals surface area contributed by atoms with E-state index in [1.54, 1.807) is 12.0 Å². The minimum absolute atomic E-state index is 0.0135. The molecule has 6 fully saturated rings. The minimum Gasteiger partial charge on any atom is -0.443 e. The summed E-state index contributed by atoms with van der Waals surface area (Å²) in [6.45, 7) is 10.8. The molecule has 200 valence electrons. The smallest absolute Gasteiger partial charge is 0.410 e. The van der Waals surface area contributed by atoms with Crippen molar-refractivity contribution in [3.8, 4) is 0 Å². The van der Waals surface area contributed by atoms with Crippen molar-refractivity contribution in [2.45, 2.75) is 69.5 Å². The Hall–Kier alpha value is -1.68. The number of fused-ring (bicyclic) bond motifs is 1. The second-order valence-corrected chi connectivity index (χ2v) is 12.0. The quantitative estimate of drug-likeness (QED) is 0.405. The van der Waals surface area contributed by atoms with Gasteiger partial charge in [-0.1, -0.05) is 11.6 Å². The maximum Gasteiger partial charge on any atom is 0.410 e. The maximum absolute atomic E-state index is 13.2. The number of morpholine rings is 1. The summed E-state index contributed by atoms with van der Waals surface area (Å²) in [5, 5.41) is 0. The zero-order chi connectivity index (χ0) is 25.2. The molecule has 2 amide bonds. The Bertz CT molecular complexity index is 913. The molecule has 6 rings (SSSR count). The number of epoxide rings is 2. The molecule has 0 radical (unpaired) electrons. The summed E-state index contributed by atoms with van der Waals surface area (Å²) < 4.78 is 29.7. The summed E-state index contributed by atoms with van der Waals surface area (Å²) in [4.78, 5) is 29.7. The van der Waals surface area contributed by atoms with Gasteiger partial charge in [0.1, 0.15) is 23.4 Å². The number of nitrogens with zero attached hydrogens (tertiary/aromatic N) is 2. The molecule has 0 N–H and O–H groups in total. The van der Waals surface area contributed by atoms with Crippen molar-refractivity contribution >= 4 is 12.0 Å². The molecule has 9 heteroatoms. The average molecular weight is 505 g/mol. The predicted molar refractivity (Wildman–Crippen MR) is 129 cm³/mol. The number of likely N-dealkylation sites (tertiary alicyclic amines) is 1. The van der Waals surface area contributed by atoms with Crippen LogP contribution in [0.5, 0.6) is 0 Å². The topological polar surface area (TPSA) is 93.4 Å². The van der Waals surface area contributed by atoms with E-state index in [1.807, 2.05) is 4.90 Å². The Morgan fingerprint density at radius 2 is 1.81 bits per heavy atom. The Labute approximate surface area is 213 Å². The van der Waals surface area contributed by atoms with Gasteiger partial charge in [0.15, 0.2) is 0 Å². The highest BCUT2D eigenvalue weighted by molar-refractivity contribution is 5.83. The minimum atomic E-state index is -0.351. The number of hydrogen-bond acceptors (Lipinski definition) is 7. The van der Waals surface area contributed by atoms with Crippen LogP contribution in [0.3, 0.4) is 0 Å². The number of methoxy groups -OCH3 is 1. The van der Waals surface area contributed by atoms with Gasteiger partial charge in [0.2, 0.25) is 5.91 Å². The van der Waals surface area contributed by atoms with E-state index in [1.165, 1.54) is 5.57 Å². The molecule has 9 nitrogen and oxygen atoms in total. The van der Waals surface area contributed by atoms with E-state index in [0.717, 1.165) is 12.8 Å². The molecule has 6 aliphatic rings. The number of piperidine rings is 1. The Morgan fingerprint density at radius 3 is 2.42 bits per heavy atom. The number of rotatable bonds is 6. The maximum atomic E-state index is 13.2. The van der Waals surface area contributed by atoms with E-state index in [9.17, 15) is 9.59 Å². The van der Waals surface area contributed by atoms with Gasteiger partial charge in [0, 0.05) is 39.2 Å². The number of amides is 2. The van der Waals surface area contributed by atoms with E-state index in [0.29, 0.717) is 52.4 Å². The highest BCUT2D eigenvalue weighted by Crippen LogP contribution is 2.60. The van der Waals surface area contributed by atoms with E-state index in [-0.39, 0.29) is 65.2 Å². The number of carbonyl (C=O) groups excluding carboxylic acids is 2. The fraction of sp³-hybridized carbons (Fsp3) is 0.852. The molecule has 2 aliphatic carbocycles. The van der Waals surface area contributed by atoms with Gasteiger partial charge in [0.05, 0.1) is 31.8 Å². The second kappa shape index (κ2) is 8.96. The lowest BCUT2D eigenvalue weighted by atomic mass is 9.68. The standard InChI is InChI=1S/C27H40N2O7/c1-16(2)5-6-20-26(3,36-20)23-22(32-4)19(7-8-27(23)15-34-27)35-25(31)29-13-17-18(14-29)21(17)24(30)28-9-11-33-12-10-28/h5,17-23H,6-15H2,1-4H3/t17-,18+,19-,20-,21?,22-,23-,26+,27+/m1/s1. The first-order chi connectivity index (χ1) is 17.3. The van der Waals surface area contributed by atoms with Gasteiger partial charge >= 0.3 is 6.09 Å². The van der Waals surface area contributed by atoms with E-state index in [2.05, 4.69) is 26.8 Å². The summed E-state index contributed by atoms with van der Waals surface area (Å²) in [6.07, 6.45) is 3.86. The van der Waals surface area contributed by atoms with Gasteiger partial charge in [-0.3, -0.25) is 4.79 Å². The van der Waals surface area contributed by atoms with Crippen molar-refractivity contribution in [3.63, 3.8) is 0 Å². The molecule has 9 atom stereocenters. The largest absolute Gasteiger partial charge is 0.443 e. The summed E-state index contributed by atoms with van der Waals surface area (Å²) in [5.41, 5.74) is 0.693. The van der Waals surface area contributed by atoms with Gasteiger partial charge in [-0.05, 0) is 51.9 Å². The van der Waals surface area contributed by atoms with E-state index >= 15 is 0 Å². The van der Waals surface area contributed by atoms with Crippen LogP contribution in [-0.2, 0) is 28.5 Å². The van der Waals surface area contributed by atoms with Crippen molar-refractivity contribution in [3.05, 3.63) is 11.6 Å². The third-order valence-electron chi connectivity index (χ3n) is 9.55. The molecule has 4 saturated heterocycles. The fourth-order valence-corrected chi connectivity index (χ4v) is 7.31. The molecular formula is C27H40N2O7. The van der Waals surface area contributed by atoms with Crippen molar-refractivity contribution in [1.82, 2.24) is 9.80 Å². The van der Waals surface area contributed by atoms with Gasteiger partial charge in [0.25, 0.3) is 0 Å². The fourth-order valence-electron chi connectivity index (χ4n) is 7.31. The molecule has 1 spiro atoms. The first kappa shape index (κ1) is 24.6. The Morgan fingerprint density at radius 1 is 1.11 bits per heavy atom. The van der Waals surface area contributed by atoms with Crippen molar-refractivity contribution in [2.24, 2.45) is 23.7 Å². The van der Waals surface area contributed by atoms with E-state index in [4.69, 9.17) is 23.7 Å². The van der Waals surface area contributed by atoms with Gasteiger partial charge in [-0.2, -0.15) is 0 Å². The van der Waals surface area contributed by atoms with E-state index < -0.39 is 0 Å². The van der Waals surface area contributed by atoms with Crippen LogP contribution in [0, 0.1) is 23.7 Å². The lowest BCUT2D eigenvalue weighted by Crippen LogP contribution is -2.56. The lowest BCUT2D eigenvalue weighted by molar-refractivity contribution is -0.137. The molecular weight excluding hydrogens is 464 g/mol. The number of allylic oxidation sites excluding steroid dienone is 1. The first-order valence-electron chi connectivity index (χ1n) is 13.6. The molecule has 0 aromatic carbocycles. The number of carbonyl (C=O) groups is 2. The molecule has 36 heavy (non-hydrogen) atoms. The molecule has 1 unspecified atom stereocenters. The van der Waals surface area contributed by atoms with Crippen LogP contribution in [0.25, 0.3) is 0 Å².